The van der Waals surface area contributed by atoms with Crippen LogP contribution in [-0.2, 0) is 15.7 Å². The molecular formula is C17H21IO4. The summed E-state index contributed by atoms with van der Waals surface area (Å²) in [5, 5.41) is 0. The van der Waals surface area contributed by atoms with Crippen LogP contribution in [0.25, 0.3) is 0 Å². The van der Waals surface area contributed by atoms with Gasteiger partial charge < -0.3 is 0 Å². The minimum atomic E-state index is -2.85. The molecule has 0 aliphatic carbocycles. The van der Waals surface area contributed by atoms with E-state index in [4.69, 9.17) is 6.13 Å². The van der Waals surface area contributed by atoms with E-state index in [1.807, 2.05) is 31.2 Å². The molecule has 0 N–H and O–H groups in total. The van der Waals surface area contributed by atoms with Crippen LogP contribution in [0.5, 0.6) is 0 Å². The third-order valence-corrected chi connectivity index (χ3v) is 6.32. The number of rotatable bonds is 5. The summed E-state index contributed by atoms with van der Waals surface area (Å²) < 4.78 is 11.7. The predicted molar refractivity (Wildman–Crippen MR) is 94.9 cm³/mol. The molecule has 0 aromatic heterocycles. The van der Waals surface area contributed by atoms with E-state index in [-0.39, 0.29) is 0 Å². The topological polar surface area (TPSA) is 52.6 Å². The van der Waals surface area contributed by atoms with E-state index in [2.05, 4.69) is 0 Å². The first kappa shape index (κ1) is 18.4. The van der Waals surface area contributed by atoms with Crippen LogP contribution in [0, 0.1) is 10.5 Å². The molecule has 120 valence electrons. The molecule has 4 nitrogen and oxygen atoms in total. The molecule has 0 saturated heterocycles. The summed E-state index contributed by atoms with van der Waals surface area (Å²) in [5.41, 5.74) is 2.08. The SMILES string of the molecule is C/C=C(\C)C(=O)OI(OC(=O)/C(C)=C/C)c1ccc(C)cc1. The minimum absolute atomic E-state index is 0.445. The van der Waals surface area contributed by atoms with Gasteiger partial charge in [0.25, 0.3) is 0 Å². The average Bonchev–Trinajstić information content (AvgIpc) is 2.53. The number of hydrogen-bond donors (Lipinski definition) is 0. The molecule has 1 rings (SSSR count). The fraction of sp³-hybridized carbons (Fsp3) is 0.294. The van der Waals surface area contributed by atoms with Crippen molar-refractivity contribution in [1.82, 2.24) is 0 Å². The van der Waals surface area contributed by atoms with E-state index in [9.17, 15) is 9.59 Å². The molecule has 0 unspecified atom stereocenters. The third kappa shape index (κ3) is 5.29. The van der Waals surface area contributed by atoms with Gasteiger partial charge in [0, 0.05) is 0 Å². The van der Waals surface area contributed by atoms with Gasteiger partial charge in [-0.3, -0.25) is 0 Å². The zero-order valence-corrected chi connectivity index (χ0v) is 15.6. The van der Waals surface area contributed by atoms with Gasteiger partial charge in [-0.2, -0.15) is 0 Å². The maximum absolute atomic E-state index is 12.0. The number of carbonyl (C=O) groups excluding carboxylic acids is 2. The van der Waals surface area contributed by atoms with Gasteiger partial charge in [0.05, 0.1) is 0 Å². The van der Waals surface area contributed by atoms with Crippen LogP contribution in [0.4, 0.5) is 0 Å². The molecule has 22 heavy (non-hydrogen) atoms. The van der Waals surface area contributed by atoms with Gasteiger partial charge in [0.15, 0.2) is 0 Å². The molecule has 0 heterocycles. The van der Waals surface area contributed by atoms with Gasteiger partial charge in [-0.1, -0.05) is 0 Å². The summed E-state index contributed by atoms with van der Waals surface area (Å²) in [6.45, 7) is 8.83. The Morgan fingerprint density at radius 1 is 0.909 bits per heavy atom. The van der Waals surface area contributed by atoms with E-state index in [1.54, 1.807) is 39.8 Å². The Bertz CT molecular complexity index is 568. The van der Waals surface area contributed by atoms with Crippen LogP contribution in [0.2, 0.25) is 0 Å². The maximum atomic E-state index is 12.0. The van der Waals surface area contributed by atoms with Crippen LogP contribution < -0.4 is 0 Å². The Morgan fingerprint density at radius 2 is 1.32 bits per heavy atom. The van der Waals surface area contributed by atoms with Gasteiger partial charge >= 0.3 is 140 Å². The number of halogens is 1. The first-order valence-electron chi connectivity index (χ1n) is 6.87. The van der Waals surface area contributed by atoms with Crippen molar-refractivity contribution in [2.45, 2.75) is 34.6 Å². The number of hydrogen-bond acceptors (Lipinski definition) is 4. The quantitative estimate of drug-likeness (QED) is 0.523. The van der Waals surface area contributed by atoms with E-state index >= 15 is 0 Å². The second kappa shape index (κ2) is 8.73. The molecule has 0 atom stereocenters. The molecule has 0 spiro atoms. The van der Waals surface area contributed by atoms with E-state index in [0.717, 1.165) is 9.13 Å². The molecule has 0 aliphatic rings. The average molecular weight is 416 g/mol. The van der Waals surface area contributed by atoms with Crippen LogP contribution in [0.3, 0.4) is 0 Å². The van der Waals surface area contributed by atoms with Gasteiger partial charge in [-0.05, 0) is 0 Å². The van der Waals surface area contributed by atoms with Crippen LogP contribution in [-0.4, -0.2) is 11.9 Å². The second-order valence-electron chi connectivity index (χ2n) is 4.69. The molecule has 0 bridgehead atoms. The van der Waals surface area contributed by atoms with Crippen LogP contribution in [0.15, 0.2) is 47.6 Å². The Labute approximate surface area is 139 Å². The number of aryl methyl sites for hydroxylation is 1. The van der Waals surface area contributed by atoms with Gasteiger partial charge in [0.1, 0.15) is 0 Å². The molecule has 0 saturated carbocycles. The summed E-state index contributed by atoms with van der Waals surface area (Å²) >= 11 is -2.85. The summed E-state index contributed by atoms with van der Waals surface area (Å²) in [6.07, 6.45) is 3.34. The zero-order valence-electron chi connectivity index (χ0n) is 13.5. The van der Waals surface area contributed by atoms with E-state index in [0.29, 0.717) is 11.1 Å². The van der Waals surface area contributed by atoms with Crippen molar-refractivity contribution in [1.29, 1.82) is 0 Å². The van der Waals surface area contributed by atoms with Gasteiger partial charge in [-0.15, -0.1) is 0 Å². The Kier molecular flexibility index (Phi) is 7.31. The number of carbonyl (C=O) groups is 2. The Balaban J connectivity index is 3.02. The van der Waals surface area contributed by atoms with Crippen LogP contribution in [0.1, 0.15) is 33.3 Å². The summed E-state index contributed by atoms with van der Waals surface area (Å²) in [6, 6.07) is 7.51. The number of benzene rings is 1. The standard InChI is InChI=1S/C17H21IO4/c1-6-13(4)16(19)21-18(22-17(20)14(5)7-2)15-10-8-12(3)9-11-15/h6-11H,1-5H3/b13-6+,14-7+. The fourth-order valence-electron chi connectivity index (χ4n) is 1.23. The summed E-state index contributed by atoms with van der Waals surface area (Å²) in [4.78, 5) is 24.0. The second-order valence-corrected chi connectivity index (χ2v) is 8.05. The monoisotopic (exact) mass is 416 g/mol. The molecular weight excluding hydrogens is 395 g/mol. The molecule has 0 radical (unpaired) electrons. The first-order chi connectivity index (χ1) is 10.4. The van der Waals surface area contributed by atoms with E-state index in [1.165, 1.54) is 0 Å². The van der Waals surface area contributed by atoms with Crippen molar-refractivity contribution in [3.05, 3.63) is 56.7 Å². The van der Waals surface area contributed by atoms with Crippen molar-refractivity contribution >= 4 is 32.6 Å². The van der Waals surface area contributed by atoms with Gasteiger partial charge in [0.2, 0.25) is 0 Å². The first-order valence-corrected chi connectivity index (χ1v) is 9.71. The third-order valence-electron chi connectivity index (χ3n) is 2.98. The Hall–Kier alpha value is -1.63. The van der Waals surface area contributed by atoms with Gasteiger partial charge in [-0.25, -0.2) is 0 Å². The molecule has 0 fully saturated rings. The molecule has 0 aliphatic heterocycles. The van der Waals surface area contributed by atoms with Crippen molar-refractivity contribution in [2.75, 3.05) is 0 Å². The zero-order chi connectivity index (χ0) is 16.7. The summed E-state index contributed by atoms with van der Waals surface area (Å²) in [7, 11) is 0. The summed E-state index contributed by atoms with van der Waals surface area (Å²) in [5.74, 6) is -0.890. The molecule has 0 amide bonds. The van der Waals surface area contributed by atoms with Crippen molar-refractivity contribution in [2.24, 2.45) is 0 Å². The normalized spacial score (nSPS) is 12.7. The van der Waals surface area contributed by atoms with Crippen molar-refractivity contribution < 1.29 is 15.7 Å². The fourth-order valence-corrected chi connectivity index (χ4v) is 4.19. The van der Waals surface area contributed by atoms with Crippen molar-refractivity contribution in [3.63, 3.8) is 0 Å². The molecule has 1 aromatic rings. The number of allylic oxidation sites excluding steroid dienone is 2. The van der Waals surface area contributed by atoms with Crippen molar-refractivity contribution in [3.8, 4) is 0 Å². The Morgan fingerprint density at radius 3 is 1.68 bits per heavy atom. The van der Waals surface area contributed by atoms with E-state index < -0.39 is 32.6 Å². The predicted octanol–water partition coefficient (Wildman–Crippen LogP) is 4.52. The van der Waals surface area contributed by atoms with Crippen LogP contribution >= 0.6 is 20.6 Å². The molecule has 5 heteroatoms. The molecule has 1 aromatic carbocycles.